The molecule has 0 bridgehead atoms. The Bertz CT molecular complexity index is 341. The van der Waals surface area contributed by atoms with Crippen molar-refractivity contribution in [1.29, 1.82) is 0 Å². The lowest BCUT2D eigenvalue weighted by Crippen LogP contribution is -2.09. The van der Waals surface area contributed by atoms with Gasteiger partial charge >= 0.3 is 0 Å². The van der Waals surface area contributed by atoms with Gasteiger partial charge in [-0.1, -0.05) is 0 Å². The molecular formula is C12H22N4O. The molecule has 0 aromatic carbocycles. The third-order valence-corrected chi connectivity index (χ3v) is 2.44. The number of nitrogens with one attached hydrogen (secondary N) is 1. The molecule has 0 aliphatic rings. The molecule has 17 heavy (non-hydrogen) atoms. The smallest absolute Gasteiger partial charge is 0.134 e. The maximum atomic E-state index is 5.69. The van der Waals surface area contributed by atoms with Crippen LogP contribution in [0, 0.1) is 6.92 Å². The molecule has 0 unspecified atom stereocenters. The standard InChI is InChI=1S/C12H22N4O/c1-9(2)17-7-5-4-6-14-12-10(3)11(13)15-8-16-12/h8-9H,4-7H2,1-3H3,(H3,13,14,15,16). The highest BCUT2D eigenvalue weighted by Gasteiger charge is 2.02. The number of hydrogen-bond acceptors (Lipinski definition) is 5. The van der Waals surface area contributed by atoms with E-state index in [4.69, 9.17) is 10.5 Å². The van der Waals surface area contributed by atoms with Crippen LogP contribution in [0.4, 0.5) is 11.6 Å². The van der Waals surface area contributed by atoms with E-state index in [0.717, 1.165) is 37.4 Å². The summed E-state index contributed by atoms with van der Waals surface area (Å²) < 4.78 is 5.46. The molecule has 0 aliphatic heterocycles. The number of hydrogen-bond donors (Lipinski definition) is 2. The first-order chi connectivity index (χ1) is 8.11. The maximum absolute atomic E-state index is 5.69. The van der Waals surface area contributed by atoms with Gasteiger partial charge < -0.3 is 15.8 Å². The lowest BCUT2D eigenvalue weighted by Gasteiger charge is -2.10. The van der Waals surface area contributed by atoms with E-state index in [2.05, 4.69) is 15.3 Å². The minimum absolute atomic E-state index is 0.312. The molecule has 0 fully saturated rings. The molecule has 5 heteroatoms. The molecule has 1 heterocycles. The molecule has 1 aromatic rings. The molecule has 1 rings (SSSR count). The van der Waals surface area contributed by atoms with Crippen molar-refractivity contribution in [2.24, 2.45) is 0 Å². The summed E-state index contributed by atoms with van der Waals surface area (Å²) in [7, 11) is 0. The maximum Gasteiger partial charge on any atom is 0.134 e. The third kappa shape index (κ3) is 4.99. The topological polar surface area (TPSA) is 73.1 Å². The molecular weight excluding hydrogens is 216 g/mol. The van der Waals surface area contributed by atoms with E-state index in [1.165, 1.54) is 6.33 Å². The van der Waals surface area contributed by atoms with Crippen LogP contribution in [-0.2, 0) is 4.74 Å². The molecule has 0 atom stereocenters. The van der Waals surface area contributed by atoms with Crippen molar-refractivity contribution in [3.05, 3.63) is 11.9 Å². The Morgan fingerprint density at radius 2 is 2.12 bits per heavy atom. The van der Waals surface area contributed by atoms with Crippen LogP contribution in [-0.4, -0.2) is 29.2 Å². The summed E-state index contributed by atoms with van der Waals surface area (Å²) >= 11 is 0. The van der Waals surface area contributed by atoms with E-state index in [-0.39, 0.29) is 0 Å². The number of nitrogens with zero attached hydrogens (tertiary/aromatic N) is 2. The number of rotatable bonds is 7. The van der Waals surface area contributed by atoms with Gasteiger partial charge in [0.25, 0.3) is 0 Å². The normalized spacial score (nSPS) is 10.8. The highest BCUT2D eigenvalue weighted by atomic mass is 16.5. The highest BCUT2D eigenvalue weighted by Crippen LogP contribution is 2.14. The minimum atomic E-state index is 0.312. The van der Waals surface area contributed by atoms with Crippen molar-refractivity contribution >= 4 is 11.6 Å². The van der Waals surface area contributed by atoms with E-state index in [0.29, 0.717) is 11.9 Å². The van der Waals surface area contributed by atoms with Gasteiger partial charge in [0, 0.05) is 18.7 Å². The fourth-order valence-electron chi connectivity index (χ4n) is 1.39. The van der Waals surface area contributed by atoms with Gasteiger partial charge in [0.2, 0.25) is 0 Å². The molecule has 3 N–H and O–H groups in total. The van der Waals surface area contributed by atoms with Crippen molar-refractivity contribution < 1.29 is 4.74 Å². The van der Waals surface area contributed by atoms with E-state index in [9.17, 15) is 0 Å². The zero-order valence-electron chi connectivity index (χ0n) is 10.9. The Balaban J connectivity index is 2.20. The van der Waals surface area contributed by atoms with Gasteiger partial charge in [0.1, 0.15) is 18.0 Å². The van der Waals surface area contributed by atoms with Crippen molar-refractivity contribution in [1.82, 2.24) is 9.97 Å². The van der Waals surface area contributed by atoms with Crippen LogP contribution in [0.15, 0.2) is 6.33 Å². The monoisotopic (exact) mass is 238 g/mol. The zero-order valence-corrected chi connectivity index (χ0v) is 10.9. The quantitative estimate of drug-likeness (QED) is 0.711. The van der Waals surface area contributed by atoms with Crippen LogP contribution in [0.2, 0.25) is 0 Å². The lowest BCUT2D eigenvalue weighted by molar-refractivity contribution is 0.0765. The van der Waals surface area contributed by atoms with Crippen molar-refractivity contribution in [3.63, 3.8) is 0 Å². The molecule has 0 amide bonds. The van der Waals surface area contributed by atoms with Gasteiger partial charge in [-0.25, -0.2) is 9.97 Å². The Hall–Kier alpha value is -1.36. The molecule has 0 saturated heterocycles. The van der Waals surface area contributed by atoms with Crippen LogP contribution < -0.4 is 11.1 Å². The lowest BCUT2D eigenvalue weighted by atomic mass is 10.3. The number of aromatic nitrogens is 2. The van der Waals surface area contributed by atoms with Crippen molar-refractivity contribution in [2.45, 2.75) is 39.7 Å². The van der Waals surface area contributed by atoms with Crippen LogP contribution in [0.25, 0.3) is 0 Å². The summed E-state index contributed by atoms with van der Waals surface area (Å²) in [6.45, 7) is 7.69. The van der Waals surface area contributed by atoms with E-state index in [1.54, 1.807) is 0 Å². The third-order valence-electron chi connectivity index (χ3n) is 2.44. The van der Waals surface area contributed by atoms with Gasteiger partial charge in [-0.15, -0.1) is 0 Å². The summed E-state index contributed by atoms with van der Waals surface area (Å²) in [5, 5.41) is 3.26. The highest BCUT2D eigenvalue weighted by molar-refractivity contribution is 5.53. The van der Waals surface area contributed by atoms with Gasteiger partial charge in [-0.3, -0.25) is 0 Å². The summed E-state index contributed by atoms with van der Waals surface area (Å²) in [5.41, 5.74) is 6.60. The number of ether oxygens (including phenoxy) is 1. The summed E-state index contributed by atoms with van der Waals surface area (Å²) in [6.07, 6.45) is 3.89. The molecule has 0 radical (unpaired) electrons. The summed E-state index contributed by atoms with van der Waals surface area (Å²) in [6, 6.07) is 0. The fourth-order valence-corrected chi connectivity index (χ4v) is 1.39. The second-order valence-corrected chi connectivity index (χ2v) is 4.29. The zero-order chi connectivity index (χ0) is 12.7. The van der Waals surface area contributed by atoms with Gasteiger partial charge in [0.05, 0.1) is 6.10 Å². The average molecular weight is 238 g/mol. The molecule has 5 nitrogen and oxygen atoms in total. The largest absolute Gasteiger partial charge is 0.383 e. The van der Waals surface area contributed by atoms with Crippen LogP contribution in [0.5, 0.6) is 0 Å². The van der Waals surface area contributed by atoms with Gasteiger partial charge in [-0.2, -0.15) is 0 Å². The molecule has 0 aliphatic carbocycles. The minimum Gasteiger partial charge on any atom is -0.383 e. The Morgan fingerprint density at radius 3 is 2.82 bits per heavy atom. The number of anilines is 2. The molecule has 96 valence electrons. The van der Waals surface area contributed by atoms with Crippen LogP contribution in [0.3, 0.4) is 0 Å². The first kappa shape index (κ1) is 13.7. The number of nitrogens with two attached hydrogens (primary N) is 1. The van der Waals surface area contributed by atoms with E-state index < -0.39 is 0 Å². The predicted octanol–water partition coefficient (Wildman–Crippen LogP) is 1.98. The summed E-state index contributed by atoms with van der Waals surface area (Å²) in [4.78, 5) is 8.07. The first-order valence-electron chi connectivity index (χ1n) is 6.03. The first-order valence-corrected chi connectivity index (χ1v) is 6.03. The molecule has 0 spiro atoms. The fraction of sp³-hybridized carbons (Fsp3) is 0.667. The van der Waals surface area contributed by atoms with Crippen molar-refractivity contribution in [3.8, 4) is 0 Å². The van der Waals surface area contributed by atoms with E-state index >= 15 is 0 Å². The van der Waals surface area contributed by atoms with Crippen LogP contribution >= 0.6 is 0 Å². The van der Waals surface area contributed by atoms with E-state index in [1.807, 2.05) is 20.8 Å². The number of nitrogen functional groups attached to an aromatic ring is 1. The summed E-state index contributed by atoms with van der Waals surface area (Å²) in [5.74, 6) is 1.35. The molecule has 1 aromatic heterocycles. The number of unbranched alkanes of at least 4 members (excludes halogenated alkanes) is 1. The SMILES string of the molecule is Cc1c(N)ncnc1NCCCCOC(C)C. The van der Waals surface area contributed by atoms with Gasteiger partial charge in [0.15, 0.2) is 0 Å². The second kappa shape index (κ2) is 7.06. The second-order valence-electron chi connectivity index (χ2n) is 4.29. The van der Waals surface area contributed by atoms with Crippen molar-refractivity contribution in [2.75, 3.05) is 24.2 Å². The van der Waals surface area contributed by atoms with Gasteiger partial charge in [-0.05, 0) is 33.6 Å². The Kier molecular flexibility index (Phi) is 5.69. The Morgan fingerprint density at radius 1 is 1.35 bits per heavy atom. The molecule has 0 saturated carbocycles. The average Bonchev–Trinajstić information content (AvgIpc) is 2.28. The Labute approximate surface area is 103 Å². The predicted molar refractivity (Wildman–Crippen MR) is 70.0 cm³/mol. The van der Waals surface area contributed by atoms with Crippen LogP contribution in [0.1, 0.15) is 32.3 Å².